The quantitative estimate of drug-likeness (QED) is 0.418. The summed E-state index contributed by atoms with van der Waals surface area (Å²) >= 11 is 3.33. The highest BCUT2D eigenvalue weighted by Crippen LogP contribution is 2.34. The van der Waals surface area contributed by atoms with E-state index in [4.69, 9.17) is 9.47 Å². The molecule has 1 heterocycles. The van der Waals surface area contributed by atoms with Crippen molar-refractivity contribution in [2.24, 2.45) is 0 Å². The fraction of sp³-hybridized carbons (Fsp3) is 0.211. The van der Waals surface area contributed by atoms with Gasteiger partial charge in [0.15, 0.2) is 0 Å². The molecule has 0 radical (unpaired) electrons. The zero-order valence-corrected chi connectivity index (χ0v) is 17.2. The third-order valence-corrected chi connectivity index (χ3v) is 6.41. The zero-order valence-electron chi connectivity index (χ0n) is 14.8. The maximum atomic E-state index is 13.3. The lowest BCUT2D eigenvalue weighted by molar-refractivity contribution is 0.0527. The smallest absolute Gasteiger partial charge is 0.340 e. The molecule has 0 unspecified atom stereocenters. The first kappa shape index (κ1) is 19.4. The Kier molecular flexibility index (Phi) is 5.57. The van der Waals surface area contributed by atoms with Crippen LogP contribution in [-0.2, 0) is 20.1 Å². The summed E-state index contributed by atoms with van der Waals surface area (Å²) in [5.74, 6) is -0.0596. The number of benzene rings is 2. The van der Waals surface area contributed by atoms with E-state index in [0.29, 0.717) is 22.3 Å². The van der Waals surface area contributed by atoms with E-state index < -0.39 is 16.0 Å². The molecule has 142 valence electrons. The van der Waals surface area contributed by atoms with Crippen LogP contribution in [0.1, 0.15) is 23.0 Å². The van der Waals surface area contributed by atoms with Crippen LogP contribution in [0.3, 0.4) is 0 Å². The van der Waals surface area contributed by atoms with E-state index in [0.717, 1.165) is 0 Å². The van der Waals surface area contributed by atoms with Crippen molar-refractivity contribution in [3.8, 4) is 5.75 Å². The van der Waals surface area contributed by atoms with Crippen molar-refractivity contribution in [2.75, 3.05) is 13.7 Å². The van der Waals surface area contributed by atoms with Gasteiger partial charge < -0.3 is 9.47 Å². The van der Waals surface area contributed by atoms with Gasteiger partial charge in [0.2, 0.25) is 0 Å². The highest BCUT2D eigenvalue weighted by molar-refractivity contribution is 9.08. The van der Waals surface area contributed by atoms with Gasteiger partial charge in [0.05, 0.1) is 35.4 Å². The predicted octanol–water partition coefficient (Wildman–Crippen LogP) is 3.96. The van der Waals surface area contributed by atoms with Gasteiger partial charge in [-0.25, -0.2) is 17.2 Å². The minimum absolute atomic E-state index is 0.135. The number of methoxy groups -OCH3 is 1. The van der Waals surface area contributed by atoms with Gasteiger partial charge in [-0.05, 0) is 37.3 Å². The second kappa shape index (κ2) is 7.74. The summed E-state index contributed by atoms with van der Waals surface area (Å²) in [5, 5.41) is 0.617. The van der Waals surface area contributed by atoms with E-state index in [-0.39, 0.29) is 22.4 Å². The lowest BCUT2D eigenvalue weighted by atomic mass is 10.1. The van der Waals surface area contributed by atoms with Crippen LogP contribution in [-0.4, -0.2) is 32.1 Å². The van der Waals surface area contributed by atoms with E-state index in [1.165, 1.54) is 23.2 Å². The average Bonchev–Trinajstić information content (AvgIpc) is 3.02. The van der Waals surface area contributed by atoms with E-state index in [2.05, 4.69) is 15.9 Å². The van der Waals surface area contributed by atoms with Crippen molar-refractivity contribution in [3.63, 3.8) is 0 Å². The van der Waals surface area contributed by atoms with E-state index in [9.17, 15) is 13.2 Å². The number of nitrogens with zero attached hydrogens (tertiary/aromatic N) is 1. The monoisotopic (exact) mass is 451 g/mol. The zero-order chi connectivity index (χ0) is 19.6. The fourth-order valence-electron chi connectivity index (χ4n) is 2.95. The summed E-state index contributed by atoms with van der Waals surface area (Å²) in [6.07, 6.45) is 0. The van der Waals surface area contributed by atoms with Gasteiger partial charge >= 0.3 is 5.97 Å². The van der Waals surface area contributed by atoms with Crippen LogP contribution in [0.4, 0.5) is 0 Å². The van der Waals surface area contributed by atoms with Crippen LogP contribution in [0, 0.1) is 0 Å². The maximum absolute atomic E-state index is 13.3. The highest BCUT2D eigenvalue weighted by atomic mass is 79.9. The van der Waals surface area contributed by atoms with E-state index in [1.54, 1.807) is 43.3 Å². The summed E-state index contributed by atoms with van der Waals surface area (Å²) in [7, 11) is -2.41. The largest absolute Gasteiger partial charge is 0.497 e. The highest BCUT2D eigenvalue weighted by Gasteiger charge is 2.30. The van der Waals surface area contributed by atoms with Crippen molar-refractivity contribution < 1.29 is 22.7 Å². The van der Waals surface area contributed by atoms with Crippen molar-refractivity contribution in [2.45, 2.75) is 17.1 Å². The van der Waals surface area contributed by atoms with Gasteiger partial charge in [-0.1, -0.05) is 34.1 Å². The molecule has 0 spiro atoms. The molecule has 0 fully saturated rings. The molecule has 0 N–H and O–H groups in total. The number of esters is 1. The third kappa shape index (κ3) is 3.35. The number of hydrogen-bond acceptors (Lipinski definition) is 5. The summed E-state index contributed by atoms with van der Waals surface area (Å²) in [6.45, 7) is 1.88. The second-order valence-electron chi connectivity index (χ2n) is 5.64. The number of fused-ring (bicyclic) bond motifs is 1. The molecule has 0 saturated heterocycles. The molecule has 0 saturated carbocycles. The Hall–Kier alpha value is -2.32. The number of alkyl halides is 1. The molecule has 3 aromatic rings. The first-order valence-corrected chi connectivity index (χ1v) is 10.8. The van der Waals surface area contributed by atoms with Gasteiger partial charge in [0.25, 0.3) is 10.0 Å². The van der Waals surface area contributed by atoms with Crippen LogP contribution in [0.15, 0.2) is 53.4 Å². The number of aromatic nitrogens is 1. The number of ether oxygens (including phenoxy) is 2. The van der Waals surface area contributed by atoms with Crippen LogP contribution >= 0.6 is 15.9 Å². The number of carbonyl (C=O) groups excluding carboxylic acids is 1. The summed E-state index contributed by atoms with van der Waals surface area (Å²) in [5.41, 5.74) is 0.903. The maximum Gasteiger partial charge on any atom is 0.340 e. The predicted molar refractivity (Wildman–Crippen MR) is 106 cm³/mol. The number of hydrogen-bond donors (Lipinski definition) is 0. The molecule has 2 aromatic carbocycles. The van der Waals surface area contributed by atoms with Crippen molar-refractivity contribution in [1.82, 2.24) is 3.97 Å². The van der Waals surface area contributed by atoms with Crippen LogP contribution < -0.4 is 4.74 Å². The SMILES string of the molecule is CCOC(=O)c1c(CBr)n(S(=O)(=O)c2ccccc2)c2ccc(OC)cc12. The molecule has 0 aliphatic heterocycles. The second-order valence-corrected chi connectivity index (χ2v) is 7.99. The normalized spacial score (nSPS) is 11.5. The molecule has 0 amide bonds. The van der Waals surface area contributed by atoms with Crippen LogP contribution in [0.5, 0.6) is 5.75 Å². The van der Waals surface area contributed by atoms with Crippen LogP contribution in [0.25, 0.3) is 10.9 Å². The molecule has 0 aliphatic rings. The third-order valence-electron chi connectivity index (χ3n) is 4.11. The Morgan fingerprint density at radius 3 is 2.44 bits per heavy atom. The van der Waals surface area contributed by atoms with Gasteiger partial charge in [-0.2, -0.15) is 0 Å². The summed E-state index contributed by atoms with van der Waals surface area (Å²) in [6, 6.07) is 13.0. The molecule has 1 aromatic heterocycles. The van der Waals surface area contributed by atoms with Gasteiger partial charge in [0.1, 0.15) is 5.75 Å². The lowest BCUT2D eigenvalue weighted by Crippen LogP contribution is -2.16. The Balaban J connectivity index is 2.41. The molecule has 3 rings (SSSR count). The fourth-order valence-corrected chi connectivity index (χ4v) is 5.22. The first-order valence-electron chi connectivity index (χ1n) is 8.20. The Morgan fingerprint density at radius 1 is 1.15 bits per heavy atom. The standard InChI is InChI=1S/C19H18BrNO5S/c1-3-26-19(22)18-15-11-13(25-2)9-10-16(15)21(17(18)12-20)27(23,24)14-7-5-4-6-8-14/h4-11H,3,12H2,1-2H3. The Bertz CT molecular complexity index is 1090. The number of carbonyl (C=O) groups is 1. The molecule has 8 heteroatoms. The van der Waals surface area contributed by atoms with E-state index in [1.807, 2.05) is 0 Å². The number of halogens is 1. The van der Waals surface area contributed by atoms with Crippen LogP contribution in [0.2, 0.25) is 0 Å². The van der Waals surface area contributed by atoms with E-state index >= 15 is 0 Å². The first-order chi connectivity index (χ1) is 13.0. The molecule has 27 heavy (non-hydrogen) atoms. The minimum Gasteiger partial charge on any atom is -0.497 e. The summed E-state index contributed by atoms with van der Waals surface area (Å²) < 4.78 is 38.3. The van der Waals surface area contributed by atoms with Gasteiger partial charge in [0, 0.05) is 10.7 Å². The molecule has 0 bridgehead atoms. The molecular formula is C19H18BrNO5S. The molecular weight excluding hydrogens is 434 g/mol. The minimum atomic E-state index is -3.92. The number of rotatable bonds is 6. The Labute approximate surface area is 165 Å². The van der Waals surface area contributed by atoms with Gasteiger partial charge in [-0.15, -0.1) is 0 Å². The molecule has 0 atom stereocenters. The topological polar surface area (TPSA) is 74.6 Å². The average molecular weight is 452 g/mol. The van der Waals surface area contributed by atoms with Crippen molar-refractivity contribution in [3.05, 3.63) is 59.8 Å². The van der Waals surface area contributed by atoms with Crippen molar-refractivity contribution >= 4 is 42.8 Å². The summed E-state index contributed by atoms with van der Waals surface area (Å²) in [4.78, 5) is 12.8. The molecule has 0 aliphatic carbocycles. The lowest BCUT2D eigenvalue weighted by Gasteiger charge is -2.11. The van der Waals surface area contributed by atoms with Crippen molar-refractivity contribution in [1.29, 1.82) is 0 Å². The Morgan fingerprint density at radius 2 is 1.85 bits per heavy atom. The van der Waals surface area contributed by atoms with Gasteiger partial charge in [-0.3, -0.25) is 0 Å². The molecule has 6 nitrogen and oxygen atoms in total.